The summed E-state index contributed by atoms with van der Waals surface area (Å²) in [5, 5.41) is 8.19. The van der Waals surface area contributed by atoms with Crippen LogP contribution < -0.4 is 0 Å². The van der Waals surface area contributed by atoms with Crippen LogP contribution in [0.2, 0.25) is 0 Å². The maximum atomic E-state index is 8.19. The van der Waals surface area contributed by atoms with Crippen molar-refractivity contribution >= 4 is 5.90 Å². The molecule has 1 aliphatic heterocycles. The summed E-state index contributed by atoms with van der Waals surface area (Å²) in [7, 11) is 0. The predicted octanol–water partition coefficient (Wildman–Crippen LogP) is 2.75. The van der Waals surface area contributed by atoms with Crippen LogP contribution in [0.3, 0.4) is 0 Å². The van der Waals surface area contributed by atoms with Crippen molar-refractivity contribution in [3.63, 3.8) is 0 Å². The van der Waals surface area contributed by atoms with Gasteiger partial charge in [-0.1, -0.05) is 30.3 Å². The van der Waals surface area contributed by atoms with Gasteiger partial charge in [0.25, 0.3) is 0 Å². The normalized spacial score (nSPS) is 18.6. The molecule has 1 aromatic carbocycles. The van der Waals surface area contributed by atoms with Gasteiger partial charge in [0.05, 0.1) is 12.0 Å². The third-order valence-electron chi connectivity index (χ3n) is 3.40. The van der Waals surface area contributed by atoms with E-state index >= 15 is 0 Å². The summed E-state index contributed by atoms with van der Waals surface area (Å²) in [6, 6.07) is 10.2. The molecule has 1 aliphatic rings. The fraction of sp³-hybridized carbons (Fsp3) is 0.500. The van der Waals surface area contributed by atoms with Gasteiger partial charge in [0, 0.05) is 13.2 Å². The average molecular weight is 233 g/mol. The Bertz CT molecular complexity index is 369. The monoisotopic (exact) mass is 233 g/mol. The standard InChI is InChI=1S/C14H19NO2/c1-2-17-13(15)14(8-10-16-11-9-14)12-6-4-3-5-7-12/h3-7,15H,2,8-11H2,1H3. The van der Waals surface area contributed by atoms with E-state index in [0.717, 1.165) is 12.8 Å². The minimum absolute atomic E-state index is 0.282. The van der Waals surface area contributed by atoms with E-state index < -0.39 is 0 Å². The van der Waals surface area contributed by atoms with Crippen LogP contribution in [0.25, 0.3) is 0 Å². The molecule has 17 heavy (non-hydrogen) atoms. The highest BCUT2D eigenvalue weighted by molar-refractivity contribution is 5.85. The first-order valence-electron chi connectivity index (χ1n) is 6.15. The van der Waals surface area contributed by atoms with Crippen LogP contribution >= 0.6 is 0 Å². The molecule has 0 bridgehead atoms. The maximum absolute atomic E-state index is 8.19. The van der Waals surface area contributed by atoms with E-state index in [0.29, 0.717) is 25.7 Å². The molecule has 1 heterocycles. The van der Waals surface area contributed by atoms with Crippen LogP contribution in [0.5, 0.6) is 0 Å². The summed E-state index contributed by atoms with van der Waals surface area (Å²) in [5.74, 6) is 0.384. The smallest absolute Gasteiger partial charge is 0.191 e. The molecule has 1 N–H and O–H groups in total. The van der Waals surface area contributed by atoms with Crippen LogP contribution in [-0.4, -0.2) is 25.7 Å². The molecule has 3 heteroatoms. The summed E-state index contributed by atoms with van der Waals surface area (Å²) in [4.78, 5) is 0. The fourth-order valence-corrected chi connectivity index (χ4v) is 2.41. The van der Waals surface area contributed by atoms with Crippen LogP contribution in [0.15, 0.2) is 30.3 Å². The molecule has 0 aromatic heterocycles. The van der Waals surface area contributed by atoms with Crippen molar-refractivity contribution in [2.24, 2.45) is 0 Å². The van der Waals surface area contributed by atoms with Crippen LogP contribution in [0, 0.1) is 5.41 Å². The molecular weight excluding hydrogens is 214 g/mol. The fourth-order valence-electron chi connectivity index (χ4n) is 2.41. The summed E-state index contributed by atoms with van der Waals surface area (Å²) < 4.78 is 10.9. The van der Waals surface area contributed by atoms with E-state index in [4.69, 9.17) is 14.9 Å². The van der Waals surface area contributed by atoms with Gasteiger partial charge in [-0.05, 0) is 25.3 Å². The number of hydrogen-bond acceptors (Lipinski definition) is 3. The van der Waals surface area contributed by atoms with Gasteiger partial charge in [0.15, 0.2) is 5.90 Å². The van der Waals surface area contributed by atoms with E-state index in [1.807, 2.05) is 25.1 Å². The highest BCUT2D eigenvalue weighted by atomic mass is 16.5. The summed E-state index contributed by atoms with van der Waals surface area (Å²) in [6.45, 7) is 3.87. The van der Waals surface area contributed by atoms with Crippen molar-refractivity contribution in [2.45, 2.75) is 25.2 Å². The molecule has 0 atom stereocenters. The van der Waals surface area contributed by atoms with Gasteiger partial charge in [0.2, 0.25) is 0 Å². The molecule has 0 saturated carbocycles. The Kier molecular flexibility index (Phi) is 3.79. The first kappa shape index (κ1) is 12.1. The highest BCUT2D eigenvalue weighted by Gasteiger charge is 2.40. The lowest BCUT2D eigenvalue weighted by atomic mass is 9.74. The number of ether oxygens (including phenoxy) is 2. The zero-order valence-electron chi connectivity index (χ0n) is 10.2. The van der Waals surface area contributed by atoms with E-state index in [-0.39, 0.29) is 5.41 Å². The number of nitrogens with one attached hydrogen (secondary N) is 1. The Morgan fingerprint density at radius 1 is 1.29 bits per heavy atom. The Balaban J connectivity index is 2.33. The largest absolute Gasteiger partial charge is 0.481 e. The molecule has 92 valence electrons. The topological polar surface area (TPSA) is 42.3 Å². The summed E-state index contributed by atoms with van der Waals surface area (Å²) >= 11 is 0. The SMILES string of the molecule is CCOC(=N)C1(c2ccccc2)CCOCC1. The van der Waals surface area contributed by atoms with E-state index in [1.165, 1.54) is 5.56 Å². The third kappa shape index (κ3) is 2.34. The molecule has 3 nitrogen and oxygen atoms in total. The molecular formula is C14H19NO2. The molecule has 2 rings (SSSR count). The van der Waals surface area contributed by atoms with Crippen molar-refractivity contribution in [3.05, 3.63) is 35.9 Å². The van der Waals surface area contributed by atoms with Gasteiger partial charge in [-0.3, -0.25) is 5.41 Å². The quantitative estimate of drug-likeness (QED) is 0.644. The van der Waals surface area contributed by atoms with Crippen molar-refractivity contribution < 1.29 is 9.47 Å². The van der Waals surface area contributed by atoms with Gasteiger partial charge in [-0.25, -0.2) is 0 Å². The number of rotatable bonds is 3. The van der Waals surface area contributed by atoms with Crippen molar-refractivity contribution in [3.8, 4) is 0 Å². The molecule has 0 amide bonds. The van der Waals surface area contributed by atoms with Crippen LogP contribution in [-0.2, 0) is 14.9 Å². The summed E-state index contributed by atoms with van der Waals surface area (Å²) in [5.41, 5.74) is 0.886. The molecule has 0 spiro atoms. The van der Waals surface area contributed by atoms with E-state index in [1.54, 1.807) is 0 Å². The lowest BCUT2D eigenvalue weighted by Crippen LogP contribution is -2.42. The average Bonchev–Trinajstić information content (AvgIpc) is 2.41. The van der Waals surface area contributed by atoms with Gasteiger partial charge in [-0.15, -0.1) is 0 Å². The third-order valence-corrected chi connectivity index (χ3v) is 3.40. The second-order valence-corrected chi connectivity index (χ2v) is 4.32. The lowest BCUT2D eigenvalue weighted by Gasteiger charge is -2.37. The van der Waals surface area contributed by atoms with E-state index in [2.05, 4.69) is 12.1 Å². The molecule has 1 fully saturated rings. The van der Waals surface area contributed by atoms with Gasteiger partial charge < -0.3 is 9.47 Å². The minimum atomic E-state index is -0.282. The summed E-state index contributed by atoms with van der Waals surface area (Å²) in [6.07, 6.45) is 1.66. The number of hydrogen-bond donors (Lipinski definition) is 1. The molecule has 1 saturated heterocycles. The van der Waals surface area contributed by atoms with Crippen LogP contribution in [0.4, 0.5) is 0 Å². The van der Waals surface area contributed by atoms with Gasteiger partial charge >= 0.3 is 0 Å². The molecule has 0 aliphatic carbocycles. The Labute approximate surface area is 102 Å². The Morgan fingerprint density at radius 3 is 2.53 bits per heavy atom. The van der Waals surface area contributed by atoms with Crippen LogP contribution in [0.1, 0.15) is 25.3 Å². The van der Waals surface area contributed by atoms with E-state index in [9.17, 15) is 0 Å². The number of benzene rings is 1. The maximum Gasteiger partial charge on any atom is 0.191 e. The Morgan fingerprint density at radius 2 is 1.94 bits per heavy atom. The Hall–Kier alpha value is -1.35. The first-order valence-corrected chi connectivity index (χ1v) is 6.15. The molecule has 1 aromatic rings. The van der Waals surface area contributed by atoms with Gasteiger partial charge in [0.1, 0.15) is 0 Å². The molecule has 0 unspecified atom stereocenters. The van der Waals surface area contributed by atoms with Crippen molar-refractivity contribution in [2.75, 3.05) is 19.8 Å². The predicted molar refractivity (Wildman–Crippen MR) is 67.5 cm³/mol. The molecule has 0 radical (unpaired) electrons. The second kappa shape index (κ2) is 5.32. The zero-order chi connectivity index (χ0) is 12.1. The van der Waals surface area contributed by atoms with Crippen molar-refractivity contribution in [1.29, 1.82) is 5.41 Å². The first-order chi connectivity index (χ1) is 8.29. The lowest BCUT2D eigenvalue weighted by molar-refractivity contribution is 0.0624. The minimum Gasteiger partial charge on any atom is -0.481 e. The highest BCUT2D eigenvalue weighted by Crippen LogP contribution is 2.36. The van der Waals surface area contributed by atoms with Crippen molar-refractivity contribution in [1.82, 2.24) is 0 Å². The van der Waals surface area contributed by atoms with Gasteiger partial charge in [-0.2, -0.15) is 0 Å². The second-order valence-electron chi connectivity index (χ2n) is 4.32. The zero-order valence-corrected chi connectivity index (χ0v) is 10.2.